The molecule has 1 heterocycles. The summed E-state index contributed by atoms with van der Waals surface area (Å²) in [4.78, 5) is -0.0439. The van der Waals surface area contributed by atoms with E-state index in [1.54, 1.807) is 24.0 Å². The molecule has 0 bridgehead atoms. The fraction of sp³-hybridized carbons (Fsp3) is 0.182. The van der Waals surface area contributed by atoms with Crippen LogP contribution < -0.4 is 4.72 Å². The number of benzene rings is 1. The second-order valence-electron chi connectivity index (χ2n) is 3.88. The van der Waals surface area contributed by atoms with Gasteiger partial charge in [0.15, 0.2) is 0 Å². The fourth-order valence-corrected chi connectivity index (χ4v) is 3.25. The fourth-order valence-electron chi connectivity index (χ4n) is 1.49. The predicted octanol–water partition coefficient (Wildman–Crippen LogP) is 2.21. The number of hydrogen-bond acceptors (Lipinski definition) is 3. The van der Waals surface area contributed by atoms with E-state index in [0.29, 0.717) is 10.7 Å². The minimum atomic E-state index is -3.72. The van der Waals surface area contributed by atoms with Gasteiger partial charge in [-0.2, -0.15) is 5.10 Å². The van der Waals surface area contributed by atoms with E-state index in [4.69, 9.17) is 23.2 Å². The first-order valence-electron chi connectivity index (χ1n) is 5.32. The molecule has 0 fully saturated rings. The highest BCUT2D eigenvalue weighted by Gasteiger charge is 2.18. The number of sulfonamides is 1. The van der Waals surface area contributed by atoms with Gasteiger partial charge < -0.3 is 0 Å². The molecular weight excluding hydrogens is 309 g/mol. The summed E-state index contributed by atoms with van der Waals surface area (Å²) in [5.74, 6) is 0. The standard InChI is InChI=1S/C11H11Cl2N3O2S/c1-16-5-4-9(15-16)7-14-19(17,18)11-6-8(12)2-3-10(11)13/h2-6,14H,7H2,1H3. The zero-order valence-electron chi connectivity index (χ0n) is 9.97. The molecule has 1 aromatic carbocycles. The van der Waals surface area contributed by atoms with E-state index >= 15 is 0 Å². The summed E-state index contributed by atoms with van der Waals surface area (Å²) in [6, 6.07) is 6.01. The quantitative estimate of drug-likeness (QED) is 0.939. The summed E-state index contributed by atoms with van der Waals surface area (Å²) in [5, 5.41) is 4.51. The molecule has 0 saturated carbocycles. The van der Waals surface area contributed by atoms with Gasteiger partial charge in [-0.3, -0.25) is 4.68 Å². The van der Waals surface area contributed by atoms with E-state index in [2.05, 4.69) is 9.82 Å². The third-order valence-electron chi connectivity index (χ3n) is 2.39. The number of nitrogens with one attached hydrogen (secondary N) is 1. The van der Waals surface area contributed by atoms with Crippen LogP contribution in [0.25, 0.3) is 0 Å². The average molecular weight is 320 g/mol. The van der Waals surface area contributed by atoms with Gasteiger partial charge in [-0.1, -0.05) is 23.2 Å². The van der Waals surface area contributed by atoms with E-state index < -0.39 is 10.0 Å². The first kappa shape index (κ1) is 14.3. The minimum absolute atomic E-state index is 0.0439. The smallest absolute Gasteiger partial charge is 0.242 e. The lowest BCUT2D eigenvalue weighted by Crippen LogP contribution is -2.23. The molecule has 5 nitrogen and oxygen atoms in total. The summed E-state index contributed by atoms with van der Waals surface area (Å²) < 4.78 is 28.2. The number of nitrogens with zero attached hydrogens (tertiary/aromatic N) is 2. The molecule has 2 aromatic rings. The van der Waals surface area contributed by atoms with E-state index in [-0.39, 0.29) is 16.5 Å². The Balaban J connectivity index is 2.20. The van der Waals surface area contributed by atoms with Crippen LogP contribution in [0.5, 0.6) is 0 Å². The van der Waals surface area contributed by atoms with Crippen molar-refractivity contribution in [2.24, 2.45) is 7.05 Å². The molecule has 0 atom stereocenters. The van der Waals surface area contributed by atoms with Crippen LogP contribution in [0.2, 0.25) is 10.0 Å². The van der Waals surface area contributed by atoms with Crippen molar-refractivity contribution in [2.45, 2.75) is 11.4 Å². The summed E-state index contributed by atoms with van der Waals surface area (Å²) in [6.07, 6.45) is 1.73. The number of halogens is 2. The van der Waals surface area contributed by atoms with Crippen LogP contribution in [0.3, 0.4) is 0 Å². The van der Waals surface area contributed by atoms with Crippen molar-refractivity contribution in [1.82, 2.24) is 14.5 Å². The Bertz CT molecular complexity index is 698. The van der Waals surface area contributed by atoms with Gasteiger partial charge in [-0.15, -0.1) is 0 Å². The predicted molar refractivity (Wildman–Crippen MR) is 73.7 cm³/mol. The van der Waals surface area contributed by atoms with E-state index in [0.717, 1.165) is 0 Å². The molecule has 0 amide bonds. The maximum atomic E-state index is 12.1. The van der Waals surface area contributed by atoms with E-state index in [1.807, 2.05) is 0 Å². The molecule has 0 saturated heterocycles. The summed E-state index contributed by atoms with van der Waals surface area (Å²) >= 11 is 11.6. The zero-order chi connectivity index (χ0) is 14.0. The Morgan fingerprint density at radius 2 is 2.05 bits per heavy atom. The first-order valence-corrected chi connectivity index (χ1v) is 7.55. The third-order valence-corrected chi connectivity index (χ3v) is 4.51. The van der Waals surface area contributed by atoms with Crippen LogP contribution in [0, 0.1) is 0 Å². The maximum absolute atomic E-state index is 12.1. The van der Waals surface area contributed by atoms with Gasteiger partial charge in [0.2, 0.25) is 10.0 Å². The van der Waals surface area contributed by atoms with Crippen molar-refractivity contribution in [1.29, 1.82) is 0 Å². The Morgan fingerprint density at radius 1 is 1.32 bits per heavy atom. The number of aromatic nitrogens is 2. The van der Waals surface area contributed by atoms with Crippen molar-refractivity contribution in [3.63, 3.8) is 0 Å². The monoisotopic (exact) mass is 319 g/mol. The third kappa shape index (κ3) is 3.48. The maximum Gasteiger partial charge on any atom is 0.242 e. The van der Waals surface area contributed by atoms with Crippen LogP contribution in [-0.4, -0.2) is 18.2 Å². The molecule has 0 aliphatic heterocycles. The van der Waals surface area contributed by atoms with Crippen LogP contribution >= 0.6 is 23.2 Å². The van der Waals surface area contributed by atoms with Gasteiger partial charge in [-0.05, 0) is 24.3 Å². The molecule has 0 unspecified atom stereocenters. The lowest BCUT2D eigenvalue weighted by molar-refractivity contribution is 0.579. The Hall–Kier alpha value is -1.08. The Morgan fingerprint density at radius 3 is 2.68 bits per heavy atom. The lowest BCUT2D eigenvalue weighted by atomic mass is 10.4. The molecule has 0 radical (unpaired) electrons. The van der Waals surface area contributed by atoms with E-state index in [1.165, 1.54) is 18.2 Å². The van der Waals surface area contributed by atoms with Crippen molar-refractivity contribution in [3.8, 4) is 0 Å². The van der Waals surface area contributed by atoms with Crippen molar-refractivity contribution >= 4 is 33.2 Å². The Labute approximate surface area is 121 Å². The normalized spacial score (nSPS) is 11.7. The van der Waals surface area contributed by atoms with Crippen LogP contribution in [0.15, 0.2) is 35.4 Å². The summed E-state index contributed by atoms with van der Waals surface area (Å²) in [5.41, 5.74) is 0.615. The molecule has 0 aliphatic carbocycles. The highest BCUT2D eigenvalue weighted by Crippen LogP contribution is 2.24. The van der Waals surface area contributed by atoms with Gasteiger partial charge in [0.05, 0.1) is 17.3 Å². The van der Waals surface area contributed by atoms with Gasteiger partial charge >= 0.3 is 0 Å². The topological polar surface area (TPSA) is 64.0 Å². The van der Waals surface area contributed by atoms with Crippen LogP contribution in [0.4, 0.5) is 0 Å². The summed E-state index contributed by atoms with van der Waals surface area (Å²) in [7, 11) is -1.96. The van der Waals surface area contributed by atoms with Gasteiger partial charge in [0.1, 0.15) is 4.90 Å². The van der Waals surface area contributed by atoms with Gasteiger partial charge in [0.25, 0.3) is 0 Å². The molecule has 0 aliphatic rings. The second-order valence-corrected chi connectivity index (χ2v) is 6.46. The lowest BCUT2D eigenvalue weighted by Gasteiger charge is -2.07. The largest absolute Gasteiger partial charge is 0.276 e. The molecule has 102 valence electrons. The molecule has 1 N–H and O–H groups in total. The first-order chi connectivity index (χ1) is 8.88. The van der Waals surface area contributed by atoms with Crippen molar-refractivity contribution in [3.05, 3.63) is 46.2 Å². The second kappa shape index (κ2) is 5.50. The zero-order valence-corrected chi connectivity index (χ0v) is 12.3. The minimum Gasteiger partial charge on any atom is -0.276 e. The number of hydrogen-bond donors (Lipinski definition) is 1. The number of aryl methyl sites for hydroxylation is 1. The molecular formula is C11H11Cl2N3O2S. The molecule has 8 heteroatoms. The van der Waals surface area contributed by atoms with Crippen LogP contribution in [0.1, 0.15) is 5.69 Å². The molecule has 0 spiro atoms. The number of rotatable bonds is 4. The van der Waals surface area contributed by atoms with E-state index in [9.17, 15) is 8.42 Å². The molecule has 1 aromatic heterocycles. The average Bonchev–Trinajstić information content (AvgIpc) is 2.76. The van der Waals surface area contributed by atoms with Crippen molar-refractivity contribution < 1.29 is 8.42 Å². The Kier molecular flexibility index (Phi) is 4.15. The molecule has 2 rings (SSSR count). The van der Waals surface area contributed by atoms with Gasteiger partial charge in [-0.25, -0.2) is 13.1 Å². The highest BCUT2D eigenvalue weighted by molar-refractivity contribution is 7.89. The van der Waals surface area contributed by atoms with Gasteiger partial charge in [0, 0.05) is 18.3 Å². The molecule has 19 heavy (non-hydrogen) atoms. The SMILES string of the molecule is Cn1ccc(CNS(=O)(=O)c2cc(Cl)ccc2Cl)n1. The van der Waals surface area contributed by atoms with Crippen molar-refractivity contribution in [2.75, 3.05) is 0 Å². The van der Waals surface area contributed by atoms with Crippen LogP contribution in [-0.2, 0) is 23.6 Å². The summed E-state index contributed by atoms with van der Waals surface area (Å²) in [6.45, 7) is 0.0893. The highest BCUT2D eigenvalue weighted by atomic mass is 35.5.